The van der Waals surface area contributed by atoms with Crippen LogP contribution in [-0.4, -0.2) is 35.1 Å². The molecular formula is C16H22F6O3. The maximum absolute atomic E-state index is 12.9. The molecule has 5 atom stereocenters. The lowest BCUT2D eigenvalue weighted by Crippen LogP contribution is -2.58. The highest BCUT2D eigenvalue weighted by Gasteiger charge is 2.71. The number of ether oxygens (including phenoxy) is 1. The molecule has 3 nitrogen and oxygen atoms in total. The number of halogens is 6. The summed E-state index contributed by atoms with van der Waals surface area (Å²) in [6.07, 6.45) is -12.1. The molecule has 0 aromatic heterocycles. The third-order valence-electron chi connectivity index (χ3n) is 5.67. The zero-order valence-electron chi connectivity index (χ0n) is 14.0. The van der Waals surface area contributed by atoms with Gasteiger partial charge in [0.2, 0.25) is 0 Å². The Bertz CT molecular complexity index is 487. The lowest BCUT2D eigenvalue weighted by atomic mass is 9.78. The third kappa shape index (κ3) is 3.75. The van der Waals surface area contributed by atoms with Crippen LogP contribution in [0.2, 0.25) is 0 Å². The van der Waals surface area contributed by atoms with E-state index in [1.807, 2.05) is 0 Å². The standard InChI is InChI=1S/C16H22F6O3/c1-3-8(2)13(23)25-12-6-9-4-10(11(12)5-9)7-14(24,15(17,18)19)16(20,21)22/h8-12,24H,3-7H2,1-2H3. The molecule has 25 heavy (non-hydrogen) atoms. The van der Waals surface area contributed by atoms with Gasteiger partial charge in [0.1, 0.15) is 6.10 Å². The van der Waals surface area contributed by atoms with Crippen LogP contribution >= 0.6 is 0 Å². The number of hydrogen-bond donors (Lipinski definition) is 1. The molecule has 0 spiro atoms. The zero-order chi connectivity index (χ0) is 19.2. The fraction of sp³-hybridized carbons (Fsp3) is 0.938. The Morgan fingerprint density at radius 3 is 2.12 bits per heavy atom. The fourth-order valence-corrected chi connectivity index (χ4v) is 4.00. The van der Waals surface area contributed by atoms with Gasteiger partial charge in [-0.3, -0.25) is 4.79 Å². The summed E-state index contributed by atoms with van der Waals surface area (Å²) in [7, 11) is 0. The maximum atomic E-state index is 12.9. The smallest absolute Gasteiger partial charge is 0.426 e. The molecule has 9 heteroatoms. The first-order valence-electron chi connectivity index (χ1n) is 8.36. The Morgan fingerprint density at radius 1 is 1.12 bits per heavy atom. The largest absolute Gasteiger partial charge is 0.462 e. The van der Waals surface area contributed by atoms with Gasteiger partial charge in [-0.05, 0) is 49.9 Å². The van der Waals surface area contributed by atoms with E-state index in [9.17, 15) is 36.2 Å². The maximum Gasteiger partial charge on any atom is 0.426 e. The van der Waals surface area contributed by atoms with E-state index in [-0.39, 0.29) is 18.3 Å². The number of hydrogen-bond acceptors (Lipinski definition) is 3. The van der Waals surface area contributed by atoms with Crippen molar-refractivity contribution in [1.82, 2.24) is 0 Å². The molecule has 0 aliphatic heterocycles. The zero-order valence-corrected chi connectivity index (χ0v) is 14.0. The van der Waals surface area contributed by atoms with Crippen LogP contribution in [-0.2, 0) is 9.53 Å². The van der Waals surface area contributed by atoms with E-state index in [1.165, 1.54) is 0 Å². The topological polar surface area (TPSA) is 46.5 Å². The molecule has 0 heterocycles. The van der Waals surface area contributed by atoms with Gasteiger partial charge < -0.3 is 9.84 Å². The minimum atomic E-state index is -5.81. The number of carbonyl (C=O) groups is 1. The van der Waals surface area contributed by atoms with Crippen molar-refractivity contribution in [1.29, 1.82) is 0 Å². The summed E-state index contributed by atoms with van der Waals surface area (Å²) < 4.78 is 82.7. The van der Waals surface area contributed by atoms with Crippen LogP contribution in [0.15, 0.2) is 0 Å². The van der Waals surface area contributed by atoms with Crippen molar-refractivity contribution in [3.8, 4) is 0 Å². The lowest BCUT2D eigenvalue weighted by Gasteiger charge is -2.38. The van der Waals surface area contributed by atoms with Crippen molar-refractivity contribution in [2.24, 2.45) is 23.7 Å². The van der Waals surface area contributed by atoms with Crippen LogP contribution in [0, 0.1) is 23.7 Å². The summed E-state index contributed by atoms with van der Waals surface area (Å²) in [6, 6.07) is 0. The van der Waals surface area contributed by atoms with Crippen LogP contribution in [0.4, 0.5) is 26.3 Å². The van der Waals surface area contributed by atoms with E-state index in [4.69, 9.17) is 4.74 Å². The number of rotatable bonds is 5. The molecular weight excluding hydrogens is 354 g/mol. The lowest BCUT2D eigenvalue weighted by molar-refractivity contribution is -0.373. The van der Waals surface area contributed by atoms with E-state index in [1.54, 1.807) is 13.8 Å². The highest BCUT2D eigenvalue weighted by atomic mass is 19.4. The minimum absolute atomic E-state index is 0.0737. The third-order valence-corrected chi connectivity index (χ3v) is 5.67. The van der Waals surface area contributed by atoms with Crippen LogP contribution in [0.5, 0.6) is 0 Å². The molecule has 0 amide bonds. The van der Waals surface area contributed by atoms with Gasteiger partial charge in [0.25, 0.3) is 5.60 Å². The number of aliphatic hydroxyl groups is 1. The Hall–Kier alpha value is -0.990. The van der Waals surface area contributed by atoms with E-state index in [0.29, 0.717) is 19.3 Å². The molecule has 0 radical (unpaired) electrons. The predicted molar refractivity (Wildman–Crippen MR) is 75.3 cm³/mol. The summed E-state index contributed by atoms with van der Waals surface area (Å²) in [5.74, 6) is -2.49. The van der Waals surface area contributed by atoms with Crippen molar-refractivity contribution >= 4 is 5.97 Å². The number of fused-ring (bicyclic) bond motifs is 2. The van der Waals surface area contributed by atoms with Crippen molar-refractivity contribution in [2.75, 3.05) is 0 Å². The Labute approximate surface area is 141 Å². The molecule has 0 saturated heterocycles. The average molecular weight is 376 g/mol. The second-order valence-corrected chi connectivity index (χ2v) is 7.34. The predicted octanol–water partition coefficient (Wildman–Crippen LogP) is 4.24. The van der Waals surface area contributed by atoms with Crippen molar-refractivity contribution < 1.29 is 41.0 Å². The van der Waals surface area contributed by atoms with Gasteiger partial charge in [-0.25, -0.2) is 0 Å². The SMILES string of the molecule is CCC(C)C(=O)OC1CC2CC(CC(O)(C(F)(F)F)C(F)(F)F)C1C2. The van der Waals surface area contributed by atoms with Gasteiger partial charge >= 0.3 is 18.3 Å². The van der Waals surface area contributed by atoms with E-state index >= 15 is 0 Å². The van der Waals surface area contributed by atoms with Gasteiger partial charge in [-0.1, -0.05) is 13.8 Å². The van der Waals surface area contributed by atoms with Gasteiger partial charge in [-0.2, -0.15) is 26.3 Å². The molecule has 2 bridgehead atoms. The Morgan fingerprint density at radius 2 is 1.68 bits per heavy atom. The minimum Gasteiger partial charge on any atom is -0.462 e. The molecule has 2 fully saturated rings. The molecule has 2 rings (SSSR count). The van der Waals surface area contributed by atoms with Crippen LogP contribution < -0.4 is 0 Å². The summed E-state index contributed by atoms with van der Waals surface area (Å²) in [4.78, 5) is 11.9. The van der Waals surface area contributed by atoms with Gasteiger partial charge in [-0.15, -0.1) is 0 Å². The first kappa shape index (κ1) is 20.3. The molecule has 2 saturated carbocycles. The average Bonchev–Trinajstić information content (AvgIpc) is 3.03. The highest BCUT2D eigenvalue weighted by molar-refractivity contribution is 5.72. The summed E-state index contributed by atoms with van der Waals surface area (Å²) in [6.45, 7) is 3.43. The van der Waals surface area contributed by atoms with Crippen molar-refractivity contribution in [3.05, 3.63) is 0 Å². The highest BCUT2D eigenvalue weighted by Crippen LogP contribution is 2.56. The summed E-state index contributed by atoms with van der Waals surface area (Å²) in [5, 5.41) is 9.41. The molecule has 2 aliphatic carbocycles. The van der Waals surface area contributed by atoms with Gasteiger partial charge in [0.15, 0.2) is 0 Å². The summed E-state index contributed by atoms with van der Waals surface area (Å²) >= 11 is 0. The first-order chi connectivity index (χ1) is 11.3. The Kier molecular flexibility index (Phi) is 5.39. The quantitative estimate of drug-likeness (QED) is 0.577. The second-order valence-electron chi connectivity index (χ2n) is 7.34. The number of esters is 1. The van der Waals surface area contributed by atoms with E-state index in [2.05, 4.69) is 0 Å². The van der Waals surface area contributed by atoms with Crippen molar-refractivity contribution in [3.63, 3.8) is 0 Å². The monoisotopic (exact) mass is 376 g/mol. The van der Waals surface area contributed by atoms with Crippen LogP contribution in [0.3, 0.4) is 0 Å². The Balaban J connectivity index is 2.12. The van der Waals surface area contributed by atoms with Gasteiger partial charge in [0.05, 0.1) is 5.92 Å². The molecule has 0 aromatic carbocycles. The van der Waals surface area contributed by atoms with Crippen LogP contribution in [0.1, 0.15) is 46.0 Å². The van der Waals surface area contributed by atoms with Crippen LogP contribution in [0.25, 0.3) is 0 Å². The normalized spacial score (nSPS) is 31.2. The van der Waals surface area contributed by atoms with E-state index < -0.39 is 48.3 Å². The molecule has 1 N–H and O–H groups in total. The molecule has 146 valence electrons. The number of carbonyl (C=O) groups excluding carboxylic acids is 1. The first-order valence-corrected chi connectivity index (χ1v) is 8.36. The van der Waals surface area contributed by atoms with Crippen molar-refractivity contribution in [2.45, 2.75) is 70.0 Å². The molecule has 5 unspecified atom stereocenters. The van der Waals surface area contributed by atoms with Gasteiger partial charge in [0, 0.05) is 0 Å². The number of alkyl halides is 6. The van der Waals surface area contributed by atoms with E-state index in [0.717, 1.165) is 0 Å². The summed E-state index contributed by atoms with van der Waals surface area (Å²) in [5.41, 5.74) is -4.74. The molecule has 2 aliphatic rings. The molecule has 0 aromatic rings. The fourth-order valence-electron chi connectivity index (χ4n) is 4.00. The second kappa shape index (κ2) is 6.63.